The van der Waals surface area contributed by atoms with Gasteiger partial charge in [0.05, 0.1) is 23.4 Å². The summed E-state index contributed by atoms with van der Waals surface area (Å²) in [7, 11) is 0. The van der Waals surface area contributed by atoms with Gasteiger partial charge in [-0.05, 0) is 158 Å². The largest absolute Gasteiger partial charge is 0.444 e. The Labute approximate surface area is 298 Å². The number of nitrogens with one attached hydrogen (secondary N) is 2. The van der Waals surface area contributed by atoms with Gasteiger partial charge < -0.3 is 30.3 Å². The Morgan fingerprint density at radius 2 is 1.51 bits per heavy atom. The van der Waals surface area contributed by atoms with Crippen molar-refractivity contribution in [2.24, 2.45) is 45.3 Å². The highest BCUT2D eigenvalue weighted by Gasteiger charge is 2.72. The van der Waals surface area contributed by atoms with Crippen LogP contribution >= 0.6 is 0 Å². The Bertz CT molecular complexity index is 1220. The van der Waals surface area contributed by atoms with Crippen molar-refractivity contribution in [1.29, 1.82) is 0 Å². The molecule has 8 heteroatoms. The van der Waals surface area contributed by atoms with Crippen molar-refractivity contribution in [1.82, 2.24) is 10.6 Å². The van der Waals surface area contributed by atoms with Crippen LogP contribution in [0.5, 0.6) is 0 Å². The van der Waals surface area contributed by atoms with Crippen LogP contribution in [0.15, 0.2) is 0 Å². The minimum atomic E-state index is -0.859. The predicted octanol–water partition coefficient (Wildman–Crippen LogP) is 7.92. The smallest absolute Gasteiger partial charge is 0.407 e. The Morgan fingerprint density at radius 3 is 2.14 bits per heavy atom. The monoisotopic (exact) mass is 689 g/mol. The zero-order valence-corrected chi connectivity index (χ0v) is 33.0. The van der Waals surface area contributed by atoms with Crippen LogP contribution < -0.4 is 10.6 Å². The second kappa shape index (κ2) is 13.2. The first-order chi connectivity index (χ1) is 22.5. The topological polar surface area (TPSA) is 117 Å². The first-order valence-electron chi connectivity index (χ1n) is 19.8. The molecule has 8 nitrogen and oxygen atoms in total. The zero-order chi connectivity index (χ0) is 36.4. The summed E-state index contributed by atoms with van der Waals surface area (Å²) in [5.41, 5.74) is -1.45. The highest BCUT2D eigenvalue weighted by atomic mass is 16.6. The third-order valence-electron chi connectivity index (χ3n) is 15.4. The summed E-state index contributed by atoms with van der Waals surface area (Å²) < 4.78 is 12.0. The average Bonchev–Trinajstić information content (AvgIpc) is 3.56. The van der Waals surface area contributed by atoms with E-state index in [2.05, 4.69) is 52.2 Å². The van der Waals surface area contributed by atoms with Crippen LogP contribution in [-0.2, 0) is 14.3 Å². The van der Waals surface area contributed by atoms with Gasteiger partial charge in [-0.1, -0.05) is 41.0 Å². The Balaban J connectivity index is 1.20. The van der Waals surface area contributed by atoms with E-state index < -0.39 is 17.3 Å². The van der Waals surface area contributed by atoms with Gasteiger partial charge in [0.15, 0.2) is 0 Å². The molecule has 0 aromatic heterocycles. The highest BCUT2D eigenvalue weighted by Crippen LogP contribution is 2.76. The molecule has 0 spiro atoms. The predicted molar refractivity (Wildman–Crippen MR) is 194 cm³/mol. The molecular formula is C41H72N2O6. The molecule has 0 aromatic carbocycles. The lowest BCUT2D eigenvalue weighted by atomic mass is 9.35. The first kappa shape index (κ1) is 38.8. The van der Waals surface area contributed by atoms with E-state index in [1.54, 1.807) is 0 Å². The Hall–Kier alpha value is -1.38. The summed E-state index contributed by atoms with van der Waals surface area (Å²) in [6.45, 7) is 24.5. The van der Waals surface area contributed by atoms with Crippen molar-refractivity contribution >= 4 is 12.0 Å². The van der Waals surface area contributed by atoms with Gasteiger partial charge in [-0.3, -0.25) is 4.79 Å². The standard InChI is InChI=1S/C41H72N2O6/c1-35(2,3)49-34(46)42-24-14-12-13-15-32(45)43-30-18-20-38(8)28(36(30,4)5)17-22-39(9)29(38)25-27(44)33-26(16-21-40(33,39)10)41(11)23-19-31(48-41)37(6,7)47/h26-31,33,44,47H,12-25H2,1-11H3,(H,42,46)(H,43,45)/t26-,27+,28-,29+,30-,31+,33-,38-,39+,40+,41-/m0/s1. The maximum Gasteiger partial charge on any atom is 0.407 e. The van der Waals surface area contributed by atoms with Crippen LogP contribution in [-0.4, -0.2) is 63.8 Å². The fourth-order valence-corrected chi connectivity index (χ4v) is 12.7. The summed E-state index contributed by atoms with van der Waals surface area (Å²) in [5, 5.41) is 29.2. The number of carbonyl (C=O) groups excluding carboxylic acids is 2. The Kier molecular flexibility index (Phi) is 10.5. The SMILES string of the molecule is CC(C)(C)OC(=O)NCCCCCC(=O)N[C@H]1CC[C@]2(C)[C@H]3C[C@@H](O)[C@@H]4[C@@H]([C@]5(C)CC[C@H](C(C)(C)O)O5)CC[C@@]4(C)[C@]3(C)CC[C@H]2C1(C)C. The molecule has 4 N–H and O–H groups in total. The second-order valence-electron chi connectivity index (χ2n) is 20.3. The van der Waals surface area contributed by atoms with Crippen molar-refractivity contribution in [3.05, 3.63) is 0 Å². The third kappa shape index (κ3) is 7.06. The molecule has 282 valence electrons. The maximum absolute atomic E-state index is 13.2. The molecule has 4 saturated carbocycles. The highest BCUT2D eigenvalue weighted by molar-refractivity contribution is 5.76. The molecule has 0 aromatic rings. The number of fused-ring (bicyclic) bond motifs is 5. The van der Waals surface area contributed by atoms with Gasteiger partial charge in [-0.15, -0.1) is 0 Å². The number of unbranched alkanes of at least 4 members (excludes halogenated alkanes) is 2. The molecule has 4 aliphatic carbocycles. The van der Waals surface area contributed by atoms with Crippen LogP contribution in [0.4, 0.5) is 4.79 Å². The minimum Gasteiger partial charge on any atom is -0.444 e. The number of hydrogen-bond donors (Lipinski definition) is 4. The van der Waals surface area contributed by atoms with E-state index in [1.807, 2.05) is 34.6 Å². The molecule has 1 aliphatic heterocycles. The number of ether oxygens (including phenoxy) is 2. The van der Waals surface area contributed by atoms with E-state index in [9.17, 15) is 19.8 Å². The van der Waals surface area contributed by atoms with Crippen LogP contribution in [0.2, 0.25) is 0 Å². The van der Waals surface area contributed by atoms with Gasteiger partial charge >= 0.3 is 6.09 Å². The quantitative estimate of drug-likeness (QED) is 0.183. The van der Waals surface area contributed by atoms with Crippen LogP contribution in [0, 0.1) is 45.3 Å². The summed E-state index contributed by atoms with van der Waals surface area (Å²) >= 11 is 0. The number of aliphatic hydroxyl groups excluding tert-OH is 1. The number of amides is 2. The van der Waals surface area contributed by atoms with Crippen molar-refractivity contribution < 1.29 is 29.3 Å². The minimum absolute atomic E-state index is 0.0325. The van der Waals surface area contributed by atoms with Crippen LogP contribution in [0.25, 0.3) is 0 Å². The van der Waals surface area contributed by atoms with Crippen molar-refractivity contribution in [3.8, 4) is 0 Å². The average molecular weight is 689 g/mol. The molecule has 0 bridgehead atoms. The molecule has 1 saturated heterocycles. The lowest BCUT2D eigenvalue weighted by Gasteiger charge is -2.71. The fourth-order valence-electron chi connectivity index (χ4n) is 12.7. The van der Waals surface area contributed by atoms with Crippen molar-refractivity contribution in [2.75, 3.05) is 6.54 Å². The molecule has 0 radical (unpaired) electrons. The zero-order valence-electron chi connectivity index (χ0n) is 33.0. The first-order valence-corrected chi connectivity index (χ1v) is 19.8. The normalized spacial score (nSPS) is 43.2. The van der Waals surface area contributed by atoms with Gasteiger partial charge in [0, 0.05) is 19.0 Å². The van der Waals surface area contributed by atoms with E-state index in [4.69, 9.17) is 9.47 Å². The molecule has 5 fully saturated rings. The lowest BCUT2D eigenvalue weighted by molar-refractivity contribution is -0.240. The van der Waals surface area contributed by atoms with E-state index in [1.165, 1.54) is 0 Å². The molecule has 5 rings (SSSR count). The molecular weight excluding hydrogens is 616 g/mol. The van der Waals surface area contributed by atoms with Gasteiger partial charge in [0.2, 0.25) is 5.91 Å². The molecule has 2 amide bonds. The molecule has 0 unspecified atom stereocenters. The van der Waals surface area contributed by atoms with Gasteiger partial charge in [-0.2, -0.15) is 0 Å². The summed E-state index contributed by atoms with van der Waals surface area (Å²) in [6, 6.07) is 0.146. The Morgan fingerprint density at radius 1 is 0.837 bits per heavy atom. The molecule has 11 atom stereocenters. The summed E-state index contributed by atoms with van der Waals surface area (Å²) in [4.78, 5) is 25.1. The van der Waals surface area contributed by atoms with Crippen LogP contribution in [0.1, 0.15) is 160 Å². The van der Waals surface area contributed by atoms with Gasteiger partial charge in [-0.25, -0.2) is 4.79 Å². The molecule has 49 heavy (non-hydrogen) atoms. The van der Waals surface area contributed by atoms with E-state index in [0.29, 0.717) is 30.7 Å². The van der Waals surface area contributed by atoms with E-state index >= 15 is 0 Å². The summed E-state index contributed by atoms with van der Waals surface area (Å²) in [6.07, 6.45) is 11.3. The van der Waals surface area contributed by atoms with E-state index in [-0.39, 0.29) is 57.3 Å². The number of aliphatic hydroxyl groups is 2. The van der Waals surface area contributed by atoms with Gasteiger partial charge in [0.1, 0.15) is 5.60 Å². The maximum atomic E-state index is 13.2. The fraction of sp³-hybridized carbons (Fsp3) is 0.951. The van der Waals surface area contributed by atoms with Crippen molar-refractivity contribution in [2.45, 2.75) is 195 Å². The lowest BCUT2D eigenvalue weighted by Crippen LogP contribution is -2.67. The number of carbonyl (C=O) groups is 2. The van der Waals surface area contributed by atoms with Gasteiger partial charge in [0.25, 0.3) is 0 Å². The third-order valence-corrected chi connectivity index (χ3v) is 15.4. The number of hydrogen-bond acceptors (Lipinski definition) is 6. The van der Waals surface area contributed by atoms with E-state index in [0.717, 1.165) is 77.0 Å². The molecule has 5 aliphatic rings. The number of rotatable bonds is 9. The van der Waals surface area contributed by atoms with Crippen molar-refractivity contribution in [3.63, 3.8) is 0 Å². The molecule has 1 heterocycles. The van der Waals surface area contributed by atoms with Crippen LogP contribution in [0.3, 0.4) is 0 Å². The second-order valence-corrected chi connectivity index (χ2v) is 20.3. The number of alkyl carbamates (subject to hydrolysis) is 1. The summed E-state index contributed by atoms with van der Waals surface area (Å²) in [5.74, 6) is 1.55.